The number of rotatable bonds is 5. The molecule has 0 atom stereocenters. The number of nitrogens with zero attached hydrogens (tertiary/aromatic N) is 4. The molecule has 0 saturated carbocycles. The van der Waals surface area contributed by atoms with Gasteiger partial charge in [-0.05, 0) is 49.0 Å². The number of nitrogens with one attached hydrogen (secondary N) is 1. The molecule has 0 spiro atoms. The lowest BCUT2D eigenvalue weighted by Crippen LogP contribution is -2.44. The van der Waals surface area contributed by atoms with E-state index in [-0.39, 0.29) is 24.3 Å². The molecule has 2 aliphatic rings. The fourth-order valence-corrected chi connectivity index (χ4v) is 4.21. The van der Waals surface area contributed by atoms with E-state index in [1.165, 1.54) is 4.90 Å². The molecule has 0 unspecified atom stereocenters. The Morgan fingerprint density at radius 1 is 0.882 bits per heavy atom. The molecule has 3 amide bonds. The number of piperazine rings is 1. The van der Waals surface area contributed by atoms with Crippen LogP contribution < -0.4 is 10.2 Å². The molecule has 3 heterocycles. The minimum atomic E-state index is -0.296. The Hall–Kier alpha value is -4.04. The summed E-state index contributed by atoms with van der Waals surface area (Å²) >= 11 is 0. The van der Waals surface area contributed by atoms with Gasteiger partial charge in [0, 0.05) is 31.7 Å². The van der Waals surface area contributed by atoms with E-state index in [1.807, 2.05) is 12.1 Å². The fourth-order valence-electron chi connectivity index (χ4n) is 4.21. The van der Waals surface area contributed by atoms with E-state index in [9.17, 15) is 14.4 Å². The van der Waals surface area contributed by atoms with Crippen LogP contribution in [-0.4, -0.2) is 65.7 Å². The molecule has 0 aliphatic carbocycles. The zero-order chi connectivity index (χ0) is 23.7. The Kier molecular flexibility index (Phi) is 5.81. The molecule has 1 fully saturated rings. The summed E-state index contributed by atoms with van der Waals surface area (Å²) in [5.74, 6) is 0.0647. The Labute approximate surface area is 197 Å². The van der Waals surface area contributed by atoms with Crippen molar-refractivity contribution in [3.05, 3.63) is 89.1 Å². The van der Waals surface area contributed by atoms with Crippen LogP contribution in [0.25, 0.3) is 0 Å². The summed E-state index contributed by atoms with van der Waals surface area (Å²) in [6, 6.07) is 17.5. The number of hydrogen-bond acceptors (Lipinski definition) is 6. The number of imide groups is 1. The van der Waals surface area contributed by atoms with Gasteiger partial charge in [0.2, 0.25) is 0 Å². The van der Waals surface area contributed by atoms with Gasteiger partial charge in [0.1, 0.15) is 5.82 Å². The normalized spacial score (nSPS) is 16.0. The van der Waals surface area contributed by atoms with Gasteiger partial charge in [-0.15, -0.1) is 0 Å². The highest BCUT2D eigenvalue weighted by atomic mass is 16.2. The second kappa shape index (κ2) is 9.07. The monoisotopic (exact) mass is 455 g/mol. The first-order valence-corrected chi connectivity index (χ1v) is 11.2. The molecule has 1 saturated heterocycles. The summed E-state index contributed by atoms with van der Waals surface area (Å²) < 4.78 is 0. The molecule has 34 heavy (non-hydrogen) atoms. The van der Waals surface area contributed by atoms with E-state index in [4.69, 9.17) is 0 Å². The van der Waals surface area contributed by atoms with E-state index in [1.54, 1.807) is 54.7 Å². The maximum atomic E-state index is 12.7. The van der Waals surface area contributed by atoms with E-state index >= 15 is 0 Å². The number of fused-ring (bicyclic) bond motifs is 1. The average Bonchev–Trinajstić information content (AvgIpc) is 3.10. The highest BCUT2D eigenvalue weighted by molar-refractivity contribution is 6.21. The molecule has 2 aromatic carbocycles. The predicted octanol–water partition coefficient (Wildman–Crippen LogP) is 2.88. The van der Waals surface area contributed by atoms with Crippen LogP contribution in [0, 0.1) is 0 Å². The lowest BCUT2D eigenvalue weighted by Gasteiger charge is -2.33. The molecule has 0 bridgehead atoms. The number of benzene rings is 2. The topological polar surface area (TPSA) is 85.9 Å². The van der Waals surface area contributed by atoms with Crippen molar-refractivity contribution in [3.63, 3.8) is 0 Å². The van der Waals surface area contributed by atoms with Crippen molar-refractivity contribution < 1.29 is 14.4 Å². The first-order chi connectivity index (χ1) is 16.5. The SMILES string of the molecule is CN1CCN(c2ccc(NC(=O)c3ccc(CN4C(=O)c5ccccc5C4=O)cc3)cn2)CC1. The van der Waals surface area contributed by atoms with Crippen LogP contribution in [0.1, 0.15) is 36.6 Å². The van der Waals surface area contributed by atoms with Crippen molar-refractivity contribution in [1.82, 2.24) is 14.8 Å². The Balaban J connectivity index is 1.20. The molecule has 8 nitrogen and oxygen atoms in total. The van der Waals surface area contributed by atoms with Crippen LogP contribution in [0.15, 0.2) is 66.9 Å². The zero-order valence-corrected chi connectivity index (χ0v) is 18.9. The Morgan fingerprint density at radius 2 is 1.53 bits per heavy atom. The number of hydrogen-bond donors (Lipinski definition) is 1. The molecule has 0 radical (unpaired) electrons. The van der Waals surface area contributed by atoms with Crippen LogP contribution in [0.4, 0.5) is 11.5 Å². The van der Waals surface area contributed by atoms with Crippen LogP contribution in [0.2, 0.25) is 0 Å². The highest BCUT2D eigenvalue weighted by Gasteiger charge is 2.34. The largest absolute Gasteiger partial charge is 0.354 e. The number of pyridine rings is 1. The van der Waals surface area contributed by atoms with Crippen molar-refractivity contribution in [2.45, 2.75) is 6.54 Å². The standard InChI is InChI=1S/C26H25N5O3/c1-29-12-14-30(15-13-29)23-11-10-20(16-27-23)28-24(32)19-8-6-18(7-9-19)17-31-25(33)21-4-2-3-5-22(21)26(31)34/h2-11,16H,12-15,17H2,1H3,(H,28,32). The molecule has 2 aliphatic heterocycles. The van der Waals surface area contributed by atoms with Crippen LogP contribution in [0.3, 0.4) is 0 Å². The van der Waals surface area contributed by atoms with Gasteiger partial charge >= 0.3 is 0 Å². The Morgan fingerprint density at radius 3 is 2.12 bits per heavy atom. The lowest BCUT2D eigenvalue weighted by atomic mass is 10.1. The number of amides is 3. The number of aromatic nitrogens is 1. The van der Waals surface area contributed by atoms with Crippen LogP contribution >= 0.6 is 0 Å². The van der Waals surface area contributed by atoms with E-state index in [0.717, 1.165) is 37.6 Å². The van der Waals surface area contributed by atoms with Gasteiger partial charge in [-0.2, -0.15) is 0 Å². The minimum Gasteiger partial charge on any atom is -0.354 e. The first-order valence-electron chi connectivity index (χ1n) is 11.2. The quantitative estimate of drug-likeness (QED) is 0.596. The molecule has 8 heteroatoms. The molecule has 1 aromatic heterocycles. The third-order valence-corrected chi connectivity index (χ3v) is 6.27. The minimum absolute atomic E-state index is 0.159. The number of anilines is 2. The molecule has 172 valence electrons. The Bertz CT molecular complexity index is 1200. The second-order valence-electron chi connectivity index (χ2n) is 8.59. The molecule has 5 rings (SSSR count). The molecule has 3 aromatic rings. The third-order valence-electron chi connectivity index (χ3n) is 6.27. The maximum absolute atomic E-state index is 12.7. The van der Waals surface area contributed by atoms with Gasteiger partial charge in [-0.25, -0.2) is 4.98 Å². The predicted molar refractivity (Wildman–Crippen MR) is 129 cm³/mol. The third kappa shape index (κ3) is 4.27. The summed E-state index contributed by atoms with van der Waals surface area (Å²) in [7, 11) is 2.11. The molecule has 1 N–H and O–H groups in total. The summed E-state index contributed by atoms with van der Waals surface area (Å²) in [5.41, 5.74) is 2.72. The highest BCUT2D eigenvalue weighted by Crippen LogP contribution is 2.24. The molecular formula is C26H25N5O3. The van der Waals surface area contributed by atoms with Gasteiger partial charge < -0.3 is 15.1 Å². The van der Waals surface area contributed by atoms with E-state index in [0.29, 0.717) is 22.4 Å². The number of carbonyl (C=O) groups is 3. The van der Waals surface area contributed by atoms with Crippen molar-refractivity contribution in [1.29, 1.82) is 0 Å². The van der Waals surface area contributed by atoms with Gasteiger partial charge in [-0.1, -0.05) is 24.3 Å². The van der Waals surface area contributed by atoms with E-state index < -0.39 is 0 Å². The maximum Gasteiger partial charge on any atom is 0.261 e. The second-order valence-corrected chi connectivity index (χ2v) is 8.59. The first kappa shape index (κ1) is 21.8. The summed E-state index contributed by atoms with van der Waals surface area (Å²) in [6.07, 6.45) is 1.67. The molecular weight excluding hydrogens is 430 g/mol. The van der Waals surface area contributed by atoms with Crippen molar-refractivity contribution in [2.75, 3.05) is 43.4 Å². The van der Waals surface area contributed by atoms with Crippen molar-refractivity contribution in [2.24, 2.45) is 0 Å². The van der Waals surface area contributed by atoms with Crippen LogP contribution in [0.5, 0.6) is 0 Å². The van der Waals surface area contributed by atoms with E-state index in [2.05, 4.69) is 27.1 Å². The van der Waals surface area contributed by atoms with Gasteiger partial charge in [0.05, 0.1) is 29.6 Å². The van der Waals surface area contributed by atoms with Crippen LogP contribution in [-0.2, 0) is 6.54 Å². The smallest absolute Gasteiger partial charge is 0.261 e. The van der Waals surface area contributed by atoms with Gasteiger partial charge in [0.15, 0.2) is 0 Å². The summed E-state index contributed by atoms with van der Waals surface area (Å²) in [5, 5.41) is 2.87. The fraction of sp³-hybridized carbons (Fsp3) is 0.231. The van der Waals surface area contributed by atoms with Crippen molar-refractivity contribution >= 4 is 29.2 Å². The average molecular weight is 456 g/mol. The summed E-state index contributed by atoms with van der Waals surface area (Å²) in [6.45, 7) is 4.03. The zero-order valence-electron chi connectivity index (χ0n) is 18.9. The number of likely N-dealkylation sites (N-methyl/N-ethyl adjacent to an activating group) is 1. The lowest BCUT2D eigenvalue weighted by molar-refractivity contribution is 0.0642. The number of carbonyl (C=O) groups excluding carboxylic acids is 3. The summed E-state index contributed by atoms with van der Waals surface area (Å²) in [4.78, 5) is 48.0. The van der Waals surface area contributed by atoms with Gasteiger partial charge in [-0.3, -0.25) is 19.3 Å². The van der Waals surface area contributed by atoms with Crippen molar-refractivity contribution in [3.8, 4) is 0 Å². The van der Waals surface area contributed by atoms with Gasteiger partial charge in [0.25, 0.3) is 17.7 Å².